The van der Waals surface area contributed by atoms with Crippen LogP contribution >= 0.6 is 0 Å². The molecule has 25 heavy (non-hydrogen) atoms. The van der Waals surface area contributed by atoms with Crippen LogP contribution in [0.25, 0.3) is 11.1 Å². The Morgan fingerprint density at radius 3 is 2.76 bits per heavy atom. The number of rotatable bonds is 4. The predicted molar refractivity (Wildman–Crippen MR) is 97.6 cm³/mol. The number of benzene rings is 2. The highest BCUT2D eigenvalue weighted by Gasteiger charge is 2.27. The Hall–Kier alpha value is -2.40. The highest BCUT2D eigenvalue weighted by Crippen LogP contribution is 2.33. The standard InChI is InChI=1S/C20H23FN2O2/c1-14-8-9-19(18(11-14)15-5-3-6-16(21)12-15)23(20(24)25)13-17-7-4-10-22(17)2/h3,5-6,8-9,11-12,17H,4,7,10,13H2,1-2H3,(H,24,25). The van der Waals surface area contributed by atoms with Gasteiger partial charge in [0.2, 0.25) is 0 Å². The van der Waals surface area contributed by atoms with Gasteiger partial charge in [0.1, 0.15) is 5.82 Å². The highest BCUT2D eigenvalue weighted by molar-refractivity contribution is 5.93. The summed E-state index contributed by atoms with van der Waals surface area (Å²) in [5.41, 5.74) is 3.03. The lowest BCUT2D eigenvalue weighted by Crippen LogP contribution is -2.41. The average Bonchev–Trinajstić information content (AvgIpc) is 2.97. The normalized spacial score (nSPS) is 17.6. The van der Waals surface area contributed by atoms with E-state index < -0.39 is 6.09 Å². The summed E-state index contributed by atoms with van der Waals surface area (Å²) in [4.78, 5) is 15.6. The van der Waals surface area contributed by atoms with Gasteiger partial charge >= 0.3 is 6.09 Å². The number of likely N-dealkylation sites (N-methyl/N-ethyl adjacent to an activating group) is 1. The van der Waals surface area contributed by atoms with Gasteiger partial charge in [-0.3, -0.25) is 4.90 Å². The molecule has 0 radical (unpaired) electrons. The molecule has 3 rings (SSSR count). The maximum Gasteiger partial charge on any atom is 0.411 e. The first kappa shape index (κ1) is 17.4. The number of aryl methyl sites for hydroxylation is 1. The SMILES string of the molecule is Cc1ccc(N(CC2CCCN2C)C(=O)O)c(-c2cccc(F)c2)c1. The minimum atomic E-state index is -0.984. The predicted octanol–water partition coefficient (Wildman–Crippen LogP) is 4.38. The summed E-state index contributed by atoms with van der Waals surface area (Å²) in [5, 5.41) is 9.80. The van der Waals surface area contributed by atoms with Crippen LogP contribution in [0.5, 0.6) is 0 Å². The van der Waals surface area contributed by atoms with E-state index in [1.54, 1.807) is 6.07 Å². The molecular weight excluding hydrogens is 319 g/mol. The van der Waals surface area contributed by atoms with Crippen molar-refractivity contribution in [2.45, 2.75) is 25.8 Å². The number of hydrogen-bond acceptors (Lipinski definition) is 2. The highest BCUT2D eigenvalue weighted by atomic mass is 19.1. The smallest absolute Gasteiger partial charge is 0.411 e. The molecule has 5 heteroatoms. The van der Waals surface area contributed by atoms with Crippen LogP contribution in [0.15, 0.2) is 42.5 Å². The number of carboxylic acid groups (broad SMARTS) is 1. The molecule has 4 nitrogen and oxygen atoms in total. The Balaban J connectivity index is 2.02. The first-order chi connectivity index (χ1) is 12.0. The lowest BCUT2D eigenvalue weighted by atomic mass is 10.00. The second-order valence-electron chi connectivity index (χ2n) is 6.70. The third-order valence-electron chi connectivity index (χ3n) is 4.87. The molecule has 0 aliphatic carbocycles. The molecule has 1 aliphatic heterocycles. The largest absolute Gasteiger partial charge is 0.465 e. The van der Waals surface area contributed by atoms with Crippen LogP contribution in [0.3, 0.4) is 0 Å². The van der Waals surface area contributed by atoms with Crippen molar-refractivity contribution in [2.24, 2.45) is 0 Å². The van der Waals surface area contributed by atoms with Gasteiger partial charge in [-0.2, -0.15) is 0 Å². The minimum Gasteiger partial charge on any atom is -0.465 e. The van der Waals surface area contributed by atoms with E-state index in [1.165, 1.54) is 17.0 Å². The Labute approximate surface area is 147 Å². The van der Waals surface area contributed by atoms with Gasteiger partial charge < -0.3 is 10.0 Å². The Morgan fingerprint density at radius 1 is 1.32 bits per heavy atom. The van der Waals surface area contributed by atoms with E-state index in [2.05, 4.69) is 4.90 Å². The van der Waals surface area contributed by atoms with Crippen molar-refractivity contribution in [2.75, 3.05) is 25.0 Å². The zero-order valence-electron chi connectivity index (χ0n) is 14.6. The van der Waals surface area contributed by atoms with Crippen molar-refractivity contribution >= 4 is 11.8 Å². The van der Waals surface area contributed by atoms with Gasteiger partial charge in [0.15, 0.2) is 0 Å². The molecule has 132 valence electrons. The second-order valence-corrected chi connectivity index (χ2v) is 6.70. The first-order valence-electron chi connectivity index (χ1n) is 8.53. The number of nitrogens with zero attached hydrogens (tertiary/aromatic N) is 2. The molecule has 1 saturated heterocycles. The summed E-state index contributed by atoms with van der Waals surface area (Å²) in [7, 11) is 2.03. The van der Waals surface area contributed by atoms with Gasteiger partial charge in [0.25, 0.3) is 0 Å². The van der Waals surface area contributed by atoms with Gasteiger partial charge in [-0.15, -0.1) is 0 Å². The van der Waals surface area contributed by atoms with Gasteiger partial charge in [-0.05, 0) is 63.2 Å². The van der Waals surface area contributed by atoms with Crippen LogP contribution in [0.1, 0.15) is 18.4 Å². The van der Waals surface area contributed by atoms with Crippen LogP contribution in [0.4, 0.5) is 14.9 Å². The molecule has 1 fully saturated rings. The van der Waals surface area contributed by atoms with Crippen molar-refractivity contribution in [1.29, 1.82) is 0 Å². The van der Waals surface area contributed by atoms with E-state index in [-0.39, 0.29) is 11.9 Å². The van der Waals surface area contributed by atoms with E-state index in [1.807, 2.05) is 38.2 Å². The van der Waals surface area contributed by atoms with Gasteiger partial charge in [0, 0.05) is 18.2 Å². The fraction of sp³-hybridized carbons (Fsp3) is 0.350. The molecule has 2 aromatic rings. The zero-order chi connectivity index (χ0) is 18.0. The van der Waals surface area contributed by atoms with E-state index in [0.29, 0.717) is 17.8 Å². The maximum absolute atomic E-state index is 13.7. The summed E-state index contributed by atoms with van der Waals surface area (Å²) >= 11 is 0. The molecule has 1 atom stereocenters. The summed E-state index contributed by atoms with van der Waals surface area (Å²) < 4.78 is 13.7. The maximum atomic E-state index is 13.7. The minimum absolute atomic E-state index is 0.206. The number of amides is 1. The molecular formula is C20H23FN2O2. The quantitative estimate of drug-likeness (QED) is 0.897. The fourth-order valence-electron chi connectivity index (χ4n) is 3.47. The molecule has 0 aromatic heterocycles. The molecule has 0 saturated carbocycles. The fourth-order valence-corrected chi connectivity index (χ4v) is 3.47. The van der Waals surface area contributed by atoms with Crippen LogP contribution in [0.2, 0.25) is 0 Å². The Kier molecular flexibility index (Phi) is 5.04. The van der Waals surface area contributed by atoms with Crippen LogP contribution in [-0.4, -0.2) is 42.3 Å². The molecule has 1 unspecified atom stereocenters. The van der Waals surface area contributed by atoms with E-state index in [9.17, 15) is 14.3 Å². The number of carbonyl (C=O) groups is 1. The van der Waals surface area contributed by atoms with Crippen LogP contribution < -0.4 is 4.90 Å². The zero-order valence-corrected chi connectivity index (χ0v) is 14.6. The average molecular weight is 342 g/mol. The molecule has 1 amide bonds. The van der Waals surface area contributed by atoms with Crippen molar-refractivity contribution < 1.29 is 14.3 Å². The summed E-state index contributed by atoms with van der Waals surface area (Å²) in [6.07, 6.45) is 1.09. The van der Waals surface area contributed by atoms with Crippen molar-refractivity contribution in [1.82, 2.24) is 4.90 Å². The molecule has 0 spiro atoms. The summed E-state index contributed by atoms with van der Waals surface area (Å²) in [6, 6.07) is 12.1. The third-order valence-corrected chi connectivity index (χ3v) is 4.87. The van der Waals surface area contributed by atoms with Crippen LogP contribution in [-0.2, 0) is 0 Å². The van der Waals surface area contributed by atoms with Crippen molar-refractivity contribution in [3.63, 3.8) is 0 Å². The van der Waals surface area contributed by atoms with Gasteiger partial charge in [-0.25, -0.2) is 9.18 Å². The van der Waals surface area contributed by atoms with E-state index in [4.69, 9.17) is 0 Å². The Bertz CT molecular complexity index is 778. The Morgan fingerprint density at radius 2 is 2.12 bits per heavy atom. The van der Waals surface area contributed by atoms with Gasteiger partial charge in [-0.1, -0.05) is 23.8 Å². The second kappa shape index (κ2) is 7.23. The summed E-state index contributed by atoms with van der Waals surface area (Å²) in [5.74, 6) is -0.331. The number of anilines is 1. The van der Waals surface area contributed by atoms with Crippen molar-refractivity contribution in [3.05, 3.63) is 53.8 Å². The molecule has 2 aromatic carbocycles. The topological polar surface area (TPSA) is 43.8 Å². The van der Waals surface area contributed by atoms with E-state index >= 15 is 0 Å². The van der Waals surface area contributed by atoms with Gasteiger partial charge in [0.05, 0.1) is 5.69 Å². The molecule has 1 aliphatic rings. The molecule has 1 heterocycles. The molecule has 0 bridgehead atoms. The molecule has 1 N–H and O–H groups in total. The van der Waals surface area contributed by atoms with E-state index in [0.717, 1.165) is 30.5 Å². The third kappa shape index (κ3) is 3.82. The number of hydrogen-bond donors (Lipinski definition) is 1. The number of halogens is 1. The summed E-state index contributed by atoms with van der Waals surface area (Å²) in [6.45, 7) is 3.35. The lowest BCUT2D eigenvalue weighted by Gasteiger charge is -2.28. The van der Waals surface area contributed by atoms with Crippen molar-refractivity contribution in [3.8, 4) is 11.1 Å². The monoisotopic (exact) mass is 342 g/mol. The lowest BCUT2D eigenvalue weighted by molar-refractivity contribution is 0.198. The number of likely N-dealkylation sites (tertiary alicyclic amines) is 1. The first-order valence-corrected chi connectivity index (χ1v) is 8.53. The van der Waals surface area contributed by atoms with Crippen LogP contribution in [0, 0.1) is 12.7 Å².